The zero-order valence-corrected chi connectivity index (χ0v) is 9.55. The van der Waals surface area contributed by atoms with Gasteiger partial charge in [-0.2, -0.15) is 0 Å². The fourth-order valence-electron chi connectivity index (χ4n) is 1.44. The number of halogens is 1. The second-order valence-corrected chi connectivity index (χ2v) is 4.68. The summed E-state index contributed by atoms with van der Waals surface area (Å²) in [5.41, 5.74) is 13.5. The third-order valence-electron chi connectivity index (χ3n) is 2.23. The fraction of sp³-hybridized carbons (Fsp3) is 0.0909. The molecule has 78 valence electrons. The highest BCUT2D eigenvalue weighted by molar-refractivity contribution is 7.10. The van der Waals surface area contributed by atoms with Gasteiger partial charge >= 0.3 is 0 Å². The number of nitrogens with two attached hydrogens (primary N) is 2. The van der Waals surface area contributed by atoms with E-state index in [1.807, 2.05) is 23.6 Å². The summed E-state index contributed by atoms with van der Waals surface area (Å²) in [7, 11) is 0. The molecule has 0 fully saturated rings. The number of rotatable bonds is 2. The van der Waals surface area contributed by atoms with Crippen LogP contribution in [-0.4, -0.2) is 0 Å². The average Bonchev–Trinajstić information content (AvgIpc) is 2.74. The number of benzene rings is 1. The Morgan fingerprint density at radius 2 is 2.07 bits per heavy atom. The molecule has 0 aliphatic carbocycles. The van der Waals surface area contributed by atoms with E-state index < -0.39 is 0 Å². The van der Waals surface area contributed by atoms with Crippen LogP contribution in [0.25, 0.3) is 0 Å². The average molecular weight is 239 g/mol. The molecule has 4 heteroatoms. The van der Waals surface area contributed by atoms with Crippen LogP contribution in [0.3, 0.4) is 0 Å². The van der Waals surface area contributed by atoms with E-state index in [0.717, 1.165) is 10.4 Å². The van der Waals surface area contributed by atoms with Crippen molar-refractivity contribution in [3.8, 4) is 0 Å². The van der Waals surface area contributed by atoms with Gasteiger partial charge in [-0.1, -0.05) is 17.7 Å². The van der Waals surface area contributed by atoms with Crippen molar-refractivity contribution in [2.24, 2.45) is 5.73 Å². The molecule has 0 amide bonds. The van der Waals surface area contributed by atoms with Crippen LogP contribution in [-0.2, 0) is 0 Å². The van der Waals surface area contributed by atoms with Crippen LogP contribution in [0, 0.1) is 0 Å². The minimum Gasteiger partial charge on any atom is -0.398 e. The molecule has 0 unspecified atom stereocenters. The van der Waals surface area contributed by atoms with Crippen LogP contribution in [0.15, 0.2) is 35.7 Å². The highest BCUT2D eigenvalue weighted by atomic mass is 35.5. The summed E-state index contributed by atoms with van der Waals surface area (Å²) in [5.74, 6) is 0. The molecule has 2 aromatic rings. The lowest BCUT2D eigenvalue weighted by Gasteiger charge is -2.13. The molecule has 0 bridgehead atoms. The van der Waals surface area contributed by atoms with Crippen LogP contribution in [0.4, 0.5) is 5.69 Å². The van der Waals surface area contributed by atoms with Gasteiger partial charge in [0.15, 0.2) is 0 Å². The molecule has 1 heterocycles. The first-order valence-corrected chi connectivity index (χ1v) is 5.78. The van der Waals surface area contributed by atoms with Crippen molar-refractivity contribution in [1.82, 2.24) is 0 Å². The monoisotopic (exact) mass is 238 g/mol. The standard InChI is InChI=1S/C11H11ClN2S/c12-7-3-4-9(13)8(6-7)11(14)10-2-1-5-15-10/h1-6,11H,13-14H2/t11-/m1/s1. The van der Waals surface area contributed by atoms with Gasteiger partial charge in [0.25, 0.3) is 0 Å². The fourth-order valence-corrected chi connectivity index (χ4v) is 2.36. The first-order chi connectivity index (χ1) is 7.18. The van der Waals surface area contributed by atoms with E-state index in [9.17, 15) is 0 Å². The topological polar surface area (TPSA) is 52.0 Å². The number of thiophene rings is 1. The molecule has 0 saturated carbocycles. The van der Waals surface area contributed by atoms with Gasteiger partial charge in [0, 0.05) is 15.6 Å². The maximum absolute atomic E-state index is 6.10. The Bertz CT molecular complexity index is 454. The Morgan fingerprint density at radius 1 is 1.27 bits per heavy atom. The van der Waals surface area contributed by atoms with Crippen molar-refractivity contribution >= 4 is 28.6 Å². The quantitative estimate of drug-likeness (QED) is 0.791. The van der Waals surface area contributed by atoms with Crippen molar-refractivity contribution in [3.63, 3.8) is 0 Å². The highest BCUT2D eigenvalue weighted by Gasteiger charge is 2.13. The van der Waals surface area contributed by atoms with Crippen molar-refractivity contribution in [2.75, 3.05) is 5.73 Å². The van der Waals surface area contributed by atoms with E-state index >= 15 is 0 Å². The Balaban J connectivity index is 2.41. The lowest BCUT2D eigenvalue weighted by atomic mass is 10.0. The third-order valence-corrected chi connectivity index (χ3v) is 3.42. The molecule has 0 aliphatic heterocycles. The molecular weight excluding hydrogens is 228 g/mol. The van der Waals surface area contributed by atoms with Gasteiger partial charge in [-0.3, -0.25) is 0 Å². The van der Waals surface area contributed by atoms with Crippen LogP contribution >= 0.6 is 22.9 Å². The summed E-state index contributed by atoms with van der Waals surface area (Å²) in [6.45, 7) is 0. The van der Waals surface area contributed by atoms with E-state index in [1.165, 1.54) is 0 Å². The Morgan fingerprint density at radius 3 is 2.73 bits per heavy atom. The summed E-state index contributed by atoms with van der Waals surface area (Å²) < 4.78 is 0. The molecule has 15 heavy (non-hydrogen) atoms. The molecule has 0 spiro atoms. The predicted octanol–water partition coefficient (Wildman–Crippen LogP) is 3.03. The van der Waals surface area contributed by atoms with Gasteiger partial charge in [0.05, 0.1) is 6.04 Å². The predicted molar refractivity (Wildman–Crippen MR) is 66.2 cm³/mol. The summed E-state index contributed by atoms with van der Waals surface area (Å²) in [6, 6.07) is 9.15. The second kappa shape index (κ2) is 4.23. The van der Waals surface area contributed by atoms with E-state index in [4.69, 9.17) is 23.1 Å². The molecule has 2 nitrogen and oxygen atoms in total. The Labute approximate surface area is 97.5 Å². The first kappa shape index (κ1) is 10.5. The number of anilines is 1. The summed E-state index contributed by atoms with van der Waals surface area (Å²) in [5, 5.41) is 2.65. The van der Waals surface area contributed by atoms with E-state index in [1.54, 1.807) is 23.5 Å². The molecule has 4 N–H and O–H groups in total. The van der Waals surface area contributed by atoms with E-state index in [0.29, 0.717) is 10.7 Å². The van der Waals surface area contributed by atoms with Crippen LogP contribution in [0.5, 0.6) is 0 Å². The van der Waals surface area contributed by atoms with Gasteiger partial charge in [0.2, 0.25) is 0 Å². The van der Waals surface area contributed by atoms with Gasteiger partial charge in [-0.05, 0) is 35.2 Å². The van der Waals surface area contributed by atoms with E-state index in [2.05, 4.69) is 0 Å². The van der Waals surface area contributed by atoms with Gasteiger partial charge in [0.1, 0.15) is 0 Å². The van der Waals surface area contributed by atoms with Crippen LogP contribution < -0.4 is 11.5 Å². The maximum Gasteiger partial charge on any atom is 0.0666 e. The highest BCUT2D eigenvalue weighted by Crippen LogP contribution is 2.29. The molecule has 0 saturated heterocycles. The minimum atomic E-state index is -0.191. The number of nitrogen functional groups attached to an aromatic ring is 1. The number of hydrogen-bond donors (Lipinski definition) is 2. The van der Waals surface area contributed by atoms with Gasteiger partial charge < -0.3 is 11.5 Å². The van der Waals surface area contributed by atoms with Gasteiger partial charge in [-0.15, -0.1) is 11.3 Å². The third kappa shape index (κ3) is 2.15. The van der Waals surface area contributed by atoms with Crippen molar-refractivity contribution in [3.05, 3.63) is 51.2 Å². The summed E-state index contributed by atoms with van der Waals surface area (Å²) in [4.78, 5) is 1.09. The Kier molecular flexibility index (Phi) is 2.95. The normalized spacial score (nSPS) is 12.7. The lowest BCUT2D eigenvalue weighted by molar-refractivity contribution is 0.897. The van der Waals surface area contributed by atoms with Crippen molar-refractivity contribution in [2.45, 2.75) is 6.04 Å². The van der Waals surface area contributed by atoms with Crippen LogP contribution in [0.2, 0.25) is 5.02 Å². The van der Waals surface area contributed by atoms with Crippen molar-refractivity contribution in [1.29, 1.82) is 0 Å². The SMILES string of the molecule is Nc1ccc(Cl)cc1[C@@H](N)c1cccs1. The molecule has 1 aromatic heterocycles. The van der Waals surface area contributed by atoms with Gasteiger partial charge in [-0.25, -0.2) is 0 Å². The molecule has 0 radical (unpaired) electrons. The number of hydrogen-bond acceptors (Lipinski definition) is 3. The largest absolute Gasteiger partial charge is 0.398 e. The zero-order valence-electron chi connectivity index (χ0n) is 7.98. The van der Waals surface area contributed by atoms with Crippen LogP contribution in [0.1, 0.15) is 16.5 Å². The van der Waals surface area contributed by atoms with Crippen molar-refractivity contribution < 1.29 is 0 Å². The second-order valence-electron chi connectivity index (χ2n) is 3.27. The molecule has 0 aliphatic rings. The molecule has 1 aromatic carbocycles. The smallest absolute Gasteiger partial charge is 0.0666 e. The van der Waals surface area contributed by atoms with E-state index in [-0.39, 0.29) is 6.04 Å². The molecular formula is C11H11ClN2S. The summed E-state index contributed by atoms with van der Waals surface area (Å²) >= 11 is 7.53. The Hall–Kier alpha value is -1.03. The maximum atomic E-state index is 6.10. The molecule has 2 rings (SSSR count). The first-order valence-electron chi connectivity index (χ1n) is 4.52. The minimum absolute atomic E-state index is 0.191. The summed E-state index contributed by atoms with van der Waals surface area (Å²) in [6.07, 6.45) is 0. The molecule has 1 atom stereocenters. The zero-order chi connectivity index (χ0) is 10.8. The lowest BCUT2D eigenvalue weighted by Crippen LogP contribution is -2.12.